The average molecular weight is 184 g/mol. The predicted octanol–water partition coefficient (Wildman–Crippen LogP) is 1.62. The van der Waals surface area contributed by atoms with Gasteiger partial charge < -0.3 is 0 Å². The highest BCUT2D eigenvalue weighted by atomic mass is 32.1. The highest BCUT2D eigenvalue weighted by Crippen LogP contribution is 2.16. The summed E-state index contributed by atoms with van der Waals surface area (Å²) in [6.07, 6.45) is 0. The lowest BCUT2D eigenvalue weighted by Gasteiger charge is -1.89. The predicted molar refractivity (Wildman–Crippen MR) is 43.3 cm³/mol. The summed E-state index contributed by atoms with van der Waals surface area (Å²) in [5.41, 5.74) is 0.422. The lowest BCUT2D eigenvalue weighted by atomic mass is 10.3. The molecule has 62 valence electrons. The zero-order chi connectivity index (χ0) is 8.97. The van der Waals surface area contributed by atoms with Gasteiger partial charge in [-0.3, -0.25) is 10.1 Å². The van der Waals surface area contributed by atoms with E-state index in [4.69, 9.17) is 0 Å². The van der Waals surface area contributed by atoms with E-state index in [0.29, 0.717) is 5.69 Å². The number of hydrogen-bond acceptors (Lipinski definition) is 4. The van der Waals surface area contributed by atoms with Crippen LogP contribution < -0.4 is 0 Å². The molecule has 0 heterocycles. The highest BCUT2D eigenvalue weighted by molar-refractivity contribution is 7.54. The summed E-state index contributed by atoms with van der Waals surface area (Å²) in [6, 6.07) is 5.44. The number of benzene rings is 1. The van der Waals surface area contributed by atoms with Gasteiger partial charge in [0.15, 0.2) is 0 Å². The van der Waals surface area contributed by atoms with Gasteiger partial charge in [0.1, 0.15) is 0 Å². The molecule has 0 aliphatic heterocycles. The van der Waals surface area contributed by atoms with Crippen molar-refractivity contribution in [2.75, 3.05) is 0 Å². The second kappa shape index (κ2) is 3.72. The Balaban J connectivity index is 3.00. The van der Waals surface area contributed by atoms with E-state index < -0.39 is 4.92 Å². The van der Waals surface area contributed by atoms with E-state index in [1.54, 1.807) is 0 Å². The minimum atomic E-state index is -0.506. The lowest BCUT2D eigenvalue weighted by molar-refractivity contribution is -0.384. The molecule has 0 spiro atoms. The second-order valence-corrected chi connectivity index (χ2v) is 2.27. The maximum atomic E-state index is 10.2. The van der Waals surface area contributed by atoms with Gasteiger partial charge in [0.2, 0.25) is 11.5 Å². The number of nitro groups is 1. The molecule has 0 radical (unpaired) electrons. The molecular formula is C6H4N2O3S. The summed E-state index contributed by atoms with van der Waals surface area (Å²) in [7, 11) is 0. The molecule has 12 heavy (non-hydrogen) atoms. The molecule has 5 nitrogen and oxygen atoms in total. The standard InChI is InChI=1S/C6H4N2O3S/c9-8(10)6-3-1-5(2-4-6)7-12-11/h1-4H. The summed E-state index contributed by atoms with van der Waals surface area (Å²) in [5, 5.41) is 10.2. The van der Waals surface area contributed by atoms with Crippen LogP contribution in [-0.4, -0.2) is 9.13 Å². The Morgan fingerprint density at radius 3 is 2.33 bits per heavy atom. The van der Waals surface area contributed by atoms with Gasteiger partial charge >= 0.3 is 0 Å². The summed E-state index contributed by atoms with van der Waals surface area (Å²) >= 11 is 0.0741. The van der Waals surface area contributed by atoms with E-state index in [9.17, 15) is 14.3 Å². The maximum absolute atomic E-state index is 10.2. The van der Waals surface area contributed by atoms with Gasteiger partial charge in [-0.25, -0.2) is 0 Å². The summed E-state index contributed by atoms with van der Waals surface area (Å²) in [4.78, 5) is 9.67. The molecule has 0 saturated heterocycles. The minimum absolute atomic E-state index is 0.00940. The van der Waals surface area contributed by atoms with Crippen LogP contribution >= 0.6 is 0 Å². The Morgan fingerprint density at radius 1 is 1.33 bits per heavy atom. The number of nitrogens with zero attached hydrogens (tertiary/aromatic N) is 2. The molecule has 1 aromatic rings. The van der Waals surface area contributed by atoms with Crippen molar-refractivity contribution >= 4 is 22.8 Å². The van der Waals surface area contributed by atoms with Crippen molar-refractivity contribution in [1.82, 2.24) is 0 Å². The van der Waals surface area contributed by atoms with Crippen molar-refractivity contribution in [2.45, 2.75) is 0 Å². The Hall–Kier alpha value is -1.56. The maximum Gasteiger partial charge on any atom is 0.269 e. The van der Waals surface area contributed by atoms with E-state index in [2.05, 4.69) is 4.36 Å². The molecule has 0 aliphatic carbocycles. The molecule has 0 aromatic heterocycles. The van der Waals surface area contributed by atoms with Gasteiger partial charge in [-0.2, -0.15) is 8.57 Å². The van der Waals surface area contributed by atoms with Crippen LogP contribution in [0.15, 0.2) is 28.6 Å². The van der Waals surface area contributed by atoms with Gasteiger partial charge in [-0.1, -0.05) is 0 Å². The van der Waals surface area contributed by atoms with Gasteiger partial charge in [-0.05, 0) is 12.1 Å². The largest absolute Gasteiger partial charge is 0.269 e. The van der Waals surface area contributed by atoms with Gasteiger partial charge in [0.05, 0.1) is 10.6 Å². The third-order valence-electron chi connectivity index (χ3n) is 1.20. The third kappa shape index (κ3) is 1.96. The molecule has 0 unspecified atom stereocenters. The fraction of sp³-hybridized carbons (Fsp3) is 0. The van der Waals surface area contributed by atoms with Crippen LogP contribution in [0.1, 0.15) is 0 Å². The molecule has 0 atom stereocenters. The third-order valence-corrected chi connectivity index (χ3v) is 1.49. The quantitative estimate of drug-likeness (QED) is 0.517. The smallest absolute Gasteiger partial charge is 0.258 e. The monoisotopic (exact) mass is 184 g/mol. The van der Waals surface area contributed by atoms with E-state index in [0.717, 1.165) is 0 Å². The van der Waals surface area contributed by atoms with E-state index >= 15 is 0 Å². The molecule has 0 aliphatic rings. The van der Waals surface area contributed by atoms with Crippen molar-refractivity contribution in [2.24, 2.45) is 4.36 Å². The molecular weight excluding hydrogens is 180 g/mol. The number of rotatable bonds is 2. The zero-order valence-electron chi connectivity index (χ0n) is 5.84. The molecule has 1 aromatic carbocycles. The normalized spacial score (nSPS) is 9.00. The SMILES string of the molecule is O=S=Nc1ccc([N+](=O)[O-])cc1. The zero-order valence-corrected chi connectivity index (χ0v) is 6.65. The van der Waals surface area contributed by atoms with Crippen LogP contribution in [-0.2, 0) is 11.5 Å². The highest BCUT2D eigenvalue weighted by Gasteiger charge is 2.02. The molecule has 0 bridgehead atoms. The average Bonchev–Trinajstić information content (AvgIpc) is 2.06. The van der Waals surface area contributed by atoms with E-state index in [1.807, 2.05) is 0 Å². The first-order valence-corrected chi connectivity index (χ1v) is 3.68. The lowest BCUT2D eigenvalue weighted by Crippen LogP contribution is -1.85. The number of non-ortho nitro benzene ring substituents is 1. The molecule has 6 heteroatoms. The Kier molecular flexibility index (Phi) is 2.65. The van der Waals surface area contributed by atoms with Crippen LogP contribution in [0.3, 0.4) is 0 Å². The van der Waals surface area contributed by atoms with Crippen molar-refractivity contribution in [3.63, 3.8) is 0 Å². The molecule has 0 amide bonds. The first-order valence-electron chi connectivity index (χ1n) is 2.98. The summed E-state index contributed by atoms with van der Waals surface area (Å²) < 4.78 is 13.4. The van der Waals surface area contributed by atoms with Crippen molar-refractivity contribution in [3.05, 3.63) is 34.4 Å². The Labute approximate surface area is 71.4 Å². The Morgan fingerprint density at radius 2 is 1.92 bits per heavy atom. The van der Waals surface area contributed by atoms with Crippen molar-refractivity contribution in [3.8, 4) is 0 Å². The van der Waals surface area contributed by atoms with E-state index in [-0.39, 0.29) is 17.2 Å². The topological polar surface area (TPSA) is 72.6 Å². The molecule has 0 fully saturated rings. The number of nitro benzene ring substituents is 1. The van der Waals surface area contributed by atoms with Crippen LogP contribution in [0.5, 0.6) is 0 Å². The van der Waals surface area contributed by atoms with Crippen molar-refractivity contribution in [1.29, 1.82) is 0 Å². The first kappa shape index (κ1) is 8.54. The van der Waals surface area contributed by atoms with Crippen LogP contribution in [0, 0.1) is 10.1 Å². The second-order valence-electron chi connectivity index (χ2n) is 1.94. The fourth-order valence-corrected chi connectivity index (χ4v) is 0.886. The van der Waals surface area contributed by atoms with Crippen LogP contribution in [0.4, 0.5) is 11.4 Å². The molecule has 0 N–H and O–H groups in total. The van der Waals surface area contributed by atoms with Crippen LogP contribution in [0.2, 0.25) is 0 Å². The minimum Gasteiger partial charge on any atom is -0.258 e. The van der Waals surface area contributed by atoms with Crippen LogP contribution in [0.25, 0.3) is 0 Å². The Bertz CT molecular complexity index is 321. The summed E-state index contributed by atoms with van der Waals surface area (Å²) in [5.74, 6) is 0. The van der Waals surface area contributed by atoms with Gasteiger partial charge in [0.25, 0.3) is 5.69 Å². The van der Waals surface area contributed by atoms with E-state index in [1.165, 1.54) is 24.3 Å². The van der Waals surface area contributed by atoms with Gasteiger partial charge in [0, 0.05) is 12.1 Å². The van der Waals surface area contributed by atoms with Gasteiger partial charge in [-0.15, -0.1) is 0 Å². The first-order chi connectivity index (χ1) is 5.74. The molecule has 1 rings (SSSR count). The van der Waals surface area contributed by atoms with Crippen molar-refractivity contribution < 1.29 is 9.13 Å². The number of hydrogen-bond donors (Lipinski definition) is 0. The molecule has 0 saturated carbocycles. The summed E-state index contributed by atoms with van der Waals surface area (Å²) in [6.45, 7) is 0. The fourth-order valence-electron chi connectivity index (χ4n) is 0.678.